The molecule has 3 aromatic carbocycles. The van der Waals surface area contributed by atoms with Crippen LogP contribution in [0, 0.1) is 12.7 Å². The lowest BCUT2D eigenvalue weighted by atomic mass is 10.0. The zero-order valence-corrected chi connectivity index (χ0v) is 18.6. The number of hydrogen-bond acceptors (Lipinski definition) is 4. The van der Waals surface area contributed by atoms with Gasteiger partial charge < -0.3 is 5.32 Å². The predicted molar refractivity (Wildman–Crippen MR) is 127 cm³/mol. The van der Waals surface area contributed by atoms with E-state index >= 15 is 0 Å². The molecule has 2 aliphatic rings. The summed E-state index contributed by atoms with van der Waals surface area (Å²) in [6.45, 7) is 1.62. The van der Waals surface area contributed by atoms with Crippen molar-refractivity contribution in [3.05, 3.63) is 89.7 Å². The summed E-state index contributed by atoms with van der Waals surface area (Å²) in [7, 11) is 0. The van der Waals surface area contributed by atoms with Crippen molar-refractivity contribution in [3.8, 4) is 0 Å². The van der Waals surface area contributed by atoms with Crippen molar-refractivity contribution in [2.45, 2.75) is 11.8 Å². The summed E-state index contributed by atoms with van der Waals surface area (Å²) in [5, 5.41) is 2.53. The molecule has 6 nitrogen and oxygen atoms in total. The zero-order valence-electron chi connectivity index (χ0n) is 17.7. The van der Waals surface area contributed by atoms with E-state index in [0.29, 0.717) is 16.9 Å². The Kier molecular flexibility index (Phi) is 5.17. The molecule has 1 saturated heterocycles. The monoisotopic (exact) mass is 461 g/mol. The van der Waals surface area contributed by atoms with Gasteiger partial charge in [0.1, 0.15) is 12.4 Å². The molecule has 2 aliphatic heterocycles. The Morgan fingerprint density at radius 3 is 2.61 bits per heavy atom. The highest BCUT2D eigenvalue weighted by atomic mass is 32.2. The Hall–Kier alpha value is -3.65. The largest absolute Gasteiger partial charge is 0.322 e. The average molecular weight is 462 g/mol. The number of aryl methyl sites for hydroxylation is 1. The lowest BCUT2D eigenvalue weighted by Crippen LogP contribution is -2.50. The SMILES string of the molecule is Cc1cccc(N2C(=O)CS[C@@]23C(=O)N(CC(=O)Nc2ccccc2F)c2ccccc23)c1. The summed E-state index contributed by atoms with van der Waals surface area (Å²) in [5.74, 6) is -1.49. The number of amides is 3. The van der Waals surface area contributed by atoms with E-state index in [0.717, 1.165) is 5.56 Å². The fraction of sp³-hybridized carbons (Fsp3) is 0.160. The highest BCUT2D eigenvalue weighted by Crippen LogP contribution is 2.55. The van der Waals surface area contributed by atoms with Crippen molar-refractivity contribution < 1.29 is 18.8 Å². The second kappa shape index (κ2) is 8.04. The number of halogens is 1. The lowest BCUT2D eigenvalue weighted by Gasteiger charge is -2.33. The summed E-state index contributed by atoms with van der Waals surface area (Å²) in [6, 6.07) is 20.5. The Labute approximate surface area is 194 Å². The zero-order chi connectivity index (χ0) is 23.2. The molecule has 0 aromatic heterocycles. The van der Waals surface area contributed by atoms with E-state index in [1.165, 1.54) is 34.9 Å². The van der Waals surface area contributed by atoms with Crippen LogP contribution in [0.5, 0.6) is 0 Å². The van der Waals surface area contributed by atoms with Crippen LogP contribution in [0.4, 0.5) is 21.5 Å². The van der Waals surface area contributed by atoms with Crippen LogP contribution in [-0.2, 0) is 19.3 Å². The number of nitrogens with zero attached hydrogens (tertiary/aromatic N) is 2. The summed E-state index contributed by atoms with van der Waals surface area (Å²) >= 11 is 1.25. The third kappa shape index (κ3) is 3.38. The Morgan fingerprint density at radius 2 is 1.82 bits per heavy atom. The van der Waals surface area contributed by atoms with Crippen LogP contribution in [0.3, 0.4) is 0 Å². The van der Waals surface area contributed by atoms with E-state index < -0.39 is 16.6 Å². The number of thioether (sulfide) groups is 1. The summed E-state index contributed by atoms with van der Waals surface area (Å²) in [6.07, 6.45) is 0. The minimum absolute atomic E-state index is 0.0453. The first-order valence-electron chi connectivity index (χ1n) is 10.4. The number of anilines is 3. The molecule has 0 saturated carbocycles. The molecule has 3 aromatic rings. The van der Waals surface area contributed by atoms with Crippen LogP contribution in [0.25, 0.3) is 0 Å². The van der Waals surface area contributed by atoms with Crippen LogP contribution in [0.15, 0.2) is 72.8 Å². The Morgan fingerprint density at radius 1 is 1.06 bits per heavy atom. The topological polar surface area (TPSA) is 69.7 Å². The molecule has 1 N–H and O–H groups in total. The number of para-hydroxylation sites is 2. The van der Waals surface area contributed by atoms with Crippen LogP contribution in [0.1, 0.15) is 11.1 Å². The molecule has 1 fully saturated rings. The maximum atomic E-state index is 14.0. The highest BCUT2D eigenvalue weighted by Gasteiger charge is 2.61. The van der Waals surface area contributed by atoms with E-state index in [2.05, 4.69) is 5.32 Å². The smallest absolute Gasteiger partial charge is 0.269 e. The second-order valence-electron chi connectivity index (χ2n) is 7.94. The van der Waals surface area contributed by atoms with Gasteiger partial charge >= 0.3 is 0 Å². The number of hydrogen-bond donors (Lipinski definition) is 1. The maximum absolute atomic E-state index is 14.0. The first-order chi connectivity index (χ1) is 15.9. The highest BCUT2D eigenvalue weighted by molar-refractivity contribution is 8.02. The molecular weight excluding hydrogens is 441 g/mol. The van der Waals surface area contributed by atoms with Gasteiger partial charge in [0.25, 0.3) is 5.91 Å². The van der Waals surface area contributed by atoms with E-state index in [-0.39, 0.29) is 29.8 Å². The Balaban J connectivity index is 1.53. The van der Waals surface area contributed by atoms with Crippen molar-refractivity contribution >= 4 is 46.5 Å². The summed E-state index contributed by atoms with van der Waals surface area (Å²) in [5.41, 5.74) is 2.86. The summed E-state index contributed by atoms with van der Waals surface area (Å²) < 4.78 is 14.0. The van der Waals surface area contributed by atoms with Crippen LogP contribution >= 0.6 is 11.8 Å². The van der Waals surface area contributed by atoms with Gasteiger partial charge in [0.15, 0.2) is 0 Å². The molecule has 0 radical (unpaired) electrons. The van der Waals surface area contributed by atoms with Crippen molar-refractivity contribution in [1.82, 2.24) is 0 Å². The minimum atomic E-state index is -1.29. The van der Waals surface area contributed by atoms with Gasteiger partial charge in [-0.2, -0.15) is 0 Å². The average Bonchev–Trinajstić information content (AvgIpc) is 3.26. The molecule has 166 valence electrons. The number of carbonyl (C=O) groups excluding carboxylic acids is 3. The van der Waals surface area contributed by atoms with Crippen molar-refractivity contribution in [2.24, 2.45) is 0 Å². The molecule has 0 bridgehead atoms. The molecule has 5 rings (SSSR count). The van der Waals surface area contributed by atoms with Gasteiger partial charge in [0.05, 0.1) is 17.1 Å². The van der Waals surface area contributed by atoms with Crippen molar-refractivity contribution in [1.29, 1.82) is 0 Å². The van der Waals surface area contributed by atoms with Gasteiger partial charge in [-0.25, -0.2) is 4.39 Å². The van der Waals surface area contributed by atoms with Gasteiger partial charge in [-0.15, -0.1) is 11.8 Å². The third-order valence-electron chi connectivity index (χ3n) is 5.77. The predicted octanol–water partition coefficient (Wildman–Crippen LogP) is 4.05. The molecule has 0 aliphatic carbocycles. The van der Waals surface area contributed by atoms with Gasteiger partial charge in [-0.1, -0.05) is 42.5 Å². The molecule has 3 amide bonds. The first-order valence-corrected chi connectivity index (χ1v) is 11.4. The first kappa shape index (κ1) is 21.2. The van der Waals surface area contributed by atoms with Crippen molar-refractivity contribution in [2.75, 3.05) is 27.4 Å². The molecule has 1 spiro atoms. The minimum Gasteiger partial charge on any atom is -0.322 e. The van der Waals surface area contributed by atoms with Crippen molar-refractivity contribution in [3.63, 3.8) is 0 Å². The fourth-order valence-corrected chi connectivity index (χ4v) is 5.73. The van der Waals surface area contributed by atoms with Gasteiger partial charge in [0.2, 0.25) is 16.7 Å². The molecule has 8 heteroatoms. The molecular formula is C25H20FN3O3S. The van der Waals surface area contributed by atoms with Crippen LogP contribution < -0.4 is 15.1 Å². The van der Waals surface area contributed by atoms with Gasteiger partial charge in [-0.3, -0.25) is 24.2 Å². The Bertz CT molecular complexity index is 1300. The third-order valence-corrected chi connectivity index (χ3v) is 7.16. The van der Waals surface area contributed by atoms with E-state index in [1.807, 2.05) is 43.3 Å². The molecule has 1 atom stereocenters. The van der Waals surface area contributed by atoms with Gasteiger partial charge in [-0.05, 0) is 42.8 Å². The van der Waals surface area contributed by atoms with Crippen LogP contribution in [-0.4, -0.2) is 30.0 Å². The molecule has 0 unspecified atom stereocenters. The number of benzene rings is 3. The fourth-order valence-electron chi connectivity index (χ4n) is 4.38. The number of nitrogens with one attached hydrogen (secondary N) is 1. The maximum Gasteiger partial charge on any atom is 0.269 e. The lowest BCUT2D eigenvalue weighted by molar-refractivity contribution is -0.124. The van der Waals surface area contributed by atoms with E-state index in [4.69, 9.17) is 0 Å². The number of carbonyl (C=O) groups is 3. The van der Waals surface area contributed by atoms with Crippen LogP contribution in [0.2, 0.25) is 0 Å². The van der Waals surface area contributed by atoms with E-state index in [1.54, 1.807) is 23.1 Å². The van der Waals surface area contributed by atoms with E-state index in [9.17, 15) is 18.8 Å². The summed E-state index contributed by atoms with van der Waals surface area (Å²) in [4.78, 5) is 41.3. The normalized spacial score (nSPS) is 19.3. The second-order valence-corrected chi connectivity index (χ2v) is 9.11. The van der Waals surface area contributed by atoms with Gasteiger partial charge in [0, 0.05) is 11.3 Å². The number of rotatable bonds is 4. The number of fused-ring (bicyclic) bond motifs is 2. The standard InChI is InChI=1S/C25H20FN3O3S/c1-16-7-6-8-17(13-16)29-23(31)15-33-25(29)18-9-2-5-12-21(18)28(24(25)32)14-22(30)27-20-11-4-3-10-19(20)26/h2-13H,14-15H2,1H3,(H,27,30)/t25-/m0/s1. The quantitative estimate of drug-likeness (QED) is 0.637. The molecule has 33 heavy (non-hydrogen) atoms. The molecule has 2 heterocycles.